The molecular formula is C19H21ClFN3O. The first-order valence-electron chi connectivity index (χ1n) is 8.45. The monoisotopic (exact) mass is 361 g/mol. The van der Waals surface area contributed by atoms with Gasteiger partial charge in [-0.3, -0.25) is 14.7 Å². The Bertz CT molecular complexity index is 718. The minimum atomic E-state index is -0.393. The molecule has 3 rings (SSSR count). The van der Waals surface area contributed by atoms with E-state index in [9.17, 15) is 9.18 Å². The van der Waals surface area contributed by atoms with E-state index in [1.807, 2.05) is 12.3 Å². The summed E-state index contributed by atoms with van der Waals surface area (Å²) in [7, 11) is 0. The molecule has 2 heterocycles. The molecule has 1 aromatic heterocycles. The van der Waals surface area contributed by atoms with Crippen molar-refractivity contribution in [1.82, 2.24) is 15.2 Å². The van der Waals surface area contributed by atoms with Crippen LogP contribution < -0.4 is 5.32 Å². The van der Waals surface area contributed by atoms with Gasteiger partial charge in [-0.25, -0.2) is 4.39 Å². The van der Waals surface area contributed by atoms with Gasteiger partial charge in [0.05, 0.1) is 6.42 Å². The molecule has 6 heteroatoms. The minimum Gasteiger partial charge on any atom is -0.353 e. The Labute approximate surface area is 152 Å². The average molecular weight is 362 g/mol. The molecule has 0 saturated carbocycles. The number of carbonyl (C=O) groups is 1. The fourth-order valence-electron chi connectivity index (χ4n) is 3.10. The van der Waals surface area contributed by atoms with Gasteiger partial charge >= 0.3 is 0 Å². The lowest BCUT2D eigenvalue weighted by molar-refractivity contribution is -0.121. The molecule has 0 atom stereocenters. The quantitative estimate of drug-likeness (QED) is 0.889. The van der Waals surface area contributed by atoms with Crippen molar-refractivity contribution in [3.63, 3.8) is 0 Å². The van der Waals surface area contributed by atoms with E-state index in [0.29, 0.717) is 10.6 Å². The Hall–Kier alpha value is -1.98. The third-order valence-corrected chi connectivity index (χ3v) is 4.80. The average Bonchev–Trinajstić information content (AvgIpc) is 2.60. The van der Waals surface area contributed by atoms with E-state index in [0.717, 1.165) is 32.5 Å². The van der Waals surface area contributed by atoms with Crippen molar-refractivity contribution >= 4 is 17.5 Å². The normalized spacial score (nSPS) is 15.9. The zero-order valence-corrected chi connectivity index (χ0v) is 14.7. The van der Waals surface area contributed by atoms with Crippen LogP contribution in [0.5, 0.6) is 0 Å². The number of aromatic nitrogens is 1. The van der Waals surface area contributed by atoms with Crippen molar-refractivity contribution in [3.05, 3.63) is 64.7 Å². The Morgan fingerprint density at radius 2 is 2.12 bits per heavy atom. The summed E-state index contributed by atoms with van der Waals surface area (Å²) in [4.78, 5) is 18.7. The molecule has 0 unspecified atom stereocenters. The highest BCUT2D eigenvalue weighted by Crippen LogP contribution is 2.18. The summed E-state index contributed by atoms with van der Waals surface area (Å²) in [5.74, 6) is -0.464. The summed E-state index contributed by atoms with van der Waals surface area (Å²) >= 11 is 5.98. The van der Waals surface area contributed by atoms with E-state index in [1.165, 1.54) is 17.7 Å². The molecule has 25 heavy (non-hydrogen) atoms. The number of halogens is 2. The third kappa shape index (κ3) is 5.25. The van der Waals surface area contributed by atoms with Crippen molar-refractivity contribution in [2.45, 2.75) is 31.8 Å². The predicted molar refractivity (Wildman–Crippen MR) is 95.8 cm³/mol. The second kappa shape index (κ2) is 8.41. The summed E-state index contributed by atoms with van der Waals surface area (Å²) in [6, 6.07) is 8.33. The summed E-state index contributed by atoms with van der Waals surface area (Å²) in [6.07, 6.45) is 5.68. The van der Waals surface area contributed by atoms with E-state index in [2.05, 4.69) is 21.3 Å². The van der Waals surface area contributed by atoms with E-state index < -0.39 is 5.82 Å². The highest BCUT2D eigenvalue weighted by molar-refractivity contribution is 6.31. The van der Waals surface area contributed by atoms with E-state index >= 15 is 0 Å². The second-order valence-corrected chi connectivity index (χ2v) is 6.80. The minimum absolute atomic E-state index is 0.0702. The van der Waals surface area contributed by atoms with Gasteiger partial charge in [0.1, 0.15) is 5.82 Å². The van der Waals surface area contributed by atoms with E-state index in [4.69, 9.17) is 11.6 Å². The van der Waals surface area contributed by atoms with E-state index in [1.54, 1.807) is 12.3 Å². The van der Waals surface area contributed by atoms with Gasteiger partial charge in [0.25, 0.3) is 0 Å². The number of hydrogen-bond donors (Lipinski definition) is 1. The molecule has 1 fully saturated rings. The van der Waals surface area contributed by atoms with Gasteiger partial charge in [-0.05, 0) is 42.2 Å². The highest BCUT2D eigenvalue weighted by atomic mass is 35.5. The number of nitrogens with one attached hydrogen (secondary N) is 1. The van der Waals surface area contributed by atoms with Crippen LogP contribution in [0.4, 0.5) is 4.39 Å². The highest BCUT2D eigenvalue weighted by Gasteiger charge is 2.21. The molecule has 4 nitrogen and oxygen atoms in total. The second-order valence-electron chi connectivity index (χ2n) is 6.39. The van der Waals surface area contributed by atoms with Crippen LogP contribution in [0.1, 0.15) is 24.0 Å². The Kier molecular flexibility index (Phi) is 6.00. The van der Waals surface area contributed by atoms with Crippen LogP contribution >= 0.6 is 11.6 Å². The maximum absolute atomic E-state index is 13.1. The maximum Gasteiger partial charge on any atom is 0.224 e. The van der Waals surface area contributed by atoms with Crippen molar-refractivity contribution in [1.29, 1.82) is 0 Å². The molecule has 1 aliphatic heterocycles. The first kappa shape index (κ1) is 17.8. The third-order valence-electron chi connectivity index (χ3n) is 4.45. The number of amides is 1. The van der Waals surface area contributed by atoms with Crippen LogP contribution in [-0.4, -0.2) is 34.9 Å². The Morgan fingerprint density at radius 3 is 2.80 bits per heavy atom. The summed E-state index contributed by atoms with van der Waals surface area (Å²) < 4.78 is 13.1. The molecule has 0 bridgehead atoms. The number of rotatable bonds is 5. The Morgan fingerprint density at radius 1 is 1.32 bits per heavy atom. The van der Waals surface area contributed by atoms with Gasteiger partial charge in [0.15, 0.2) is 0 Å². The van der Waals surface area contributed by atoms with Crippen molar-refractivity contribution in [2.24, 2.45) is 0 Å². The largest absolute Gasteiger partial charge is 0.353 e. The van der Waals surface area contributed by atoms with Gasteiger partial charge < -0.3 is 5.32 Å². The topological polar surface area (TPSA) is 45.2 Å². The number of pyridine rings is 1. The molecule has 1 N–H and O–H groups in total. The summed E-state index contributed by atoms with van der Waals surface area (Å²) in [6.45, 7) is 2.77. The molecule has 0 spiro atoms. The summed E-state index contributed by atoms with van der Waals surface area (Å²) in [5.41, 5.74) is 1.85. The molecular weight excluding hydrogens is 341 g/mol. The van der Waals surface area contributed by atoms with Crippen molar-refractivity contribution < 1.29 is 9.18 Å². The zero-order chi connectivity index (χ0) is 17.6. The predicted octanol–water partition coefficient (Wildman–Crippen LogP) is 3.20. The lowest BCUT2D eigenvalue weighted by atomic mass is 10.0. The zero-order valence-electron chi connectivity index (χ0n) is 13.9. The van der Waals surface area contributed by atoms with Gasteiger partial charge in [0, 0.05) is 43.1 Å². The molecule has 0 aliphatic carbocycles. The number of hydrogen-bond acceptors (Lipinski definition) is 3. The molecule has 1 saturated heterocycles. The standard InChI is InChI=1S/C19H21ClFN3O/c20-18-11-16(21)4-3-15(18)10-19(25)23-17-5-8-24(9-6-17)13-14-2-1-7-22-12-14/h1-4,7,11-12,17H,5-6,8-10,13H2,(H,23,25). The Balaban J connectivity index is 1.44. The molecule has 132 valence electrons. The van der Waals surface area contributed by atoms with Gasteiger partial charge in [-0.2, -0.15) is 0 Å². The fraction of sp³-hybridized carbons (Fsp3) is 0.368. The number of piperidine rings is 1. The smallest absolute Gasteiger partial charge is 0.224 e. The molecule has 1 aliphatic rings. The van der Waals surface area contributed by atoms with Gasteiger partial charge in [0.2, 0.25) is 5.91 Å². The maximum atomic E-state index is 13.1. The number of benzene rings is 1. The van der Waals surface area contributed by atoms with Crippen LogP contribution in [0, 0.1) is 5.82 Å². The van der Waals surface area contributed by atoms with Crippen LogP contribution in [0.25, 0.3) is 0 Å². The first-order chi connectivity index (χ1) is 12.1. The van der Waals surface area contributed by atoms with Crippen LogP contribution in [0.2, 0.25) is 5.02 Å². The van der Waals surface area contributed by atoms with Crippen LogP contribution in [-0.2, 0) is 17.8 Å². The van der Waals surface area contributed by atoms with E-state index in [-0.39, 0.29) is 18.4 Å². The molecule has 1 aromatic carbocycles. The van der Waals surface area contributed by atoms with Crippen molar-refractivity contribution in [3.8, 4) is 0 Å². The van der Waals surface area contributed by atoms with Crippen LogP contribution in [0.15, 0.2) is 42.7 Å². The van der Waals surface area contributed by atoms with Crippen molar-refractivity contribution in [2.75, 3.05) is 13.1 Å². The first-order valence-corrected chi connectivity index (χ1v) is 8.82. The van der Waals surface area contributed by atoms with Gasteiger partial charge in [-0.1, -0.05) is 23.7 Å². The number of likely N-dealkylation sites (tertiary alicyclic amines) is 1. The SMILES string of the molecule is O=C(Cc1ccc(F)cc1Cl)NC1CCN(Cc2cccnc2)CC1. The van der Waals surface area contributed by atoms with Gasteiger partial charge in [-0.15, -0.1) is 0 Å². The molecule has 2 aromatic rings. The number of carbonyl (C=O) groups excluding carboxylic acids is 1. The number of nitrogens with zero attached hydrogens (tertiary/aromatic N) is 2. The summed E-state index contributed by atoms with van der Waals surface area (Å²) in [5, 5.41) is 3.36. The molecule has 0 radical (unpaired) electrons. The molecule has 1 amide bonds. The lowest BCUT2D eigenvalue weighted by Crippen LogP contribution is -2.44. The fourth-order valence-corrected chi connectivity index (χ4v) is 3.34. The lowest BCUT2D eigenvalue weighted by Gasteiger charge is -2.32. The van der Waals surface area contributed by atoms with Crippen LogP contribution in [0.3, 0.4) is 0 Å².